The van der Waals surface area contributed by atoms with E-state index in [0.29, 0.717) is 59.9 Å². The van der Waals surface area contributed by atoms with Crippen LogP contribution in [0, 0.1) is 23.7 Å². The molecule has 1 N–H and O–H groups in total. The molecule has 4 unspecified atom stereocenters. The van der Waals surface area contributed by atoms with Crippen molar-refractivity contribution in [2.24, 2.45) is 23.7 Å². The standard InChI is InChI=1S/C24H29ClF6N4O2.C21H25ClF6N4O2.C8H18O2Si/c25-18-2-1-15(20(9-18)35-13-16-11-34(19-3-4-19)12-17(16)14-35)10-32-5-7-33(8-6-32)22(36)37-21(23(26,27)28)24(29,30)31;22-16-2-1-13(17(7-16)32-11-14-8-29-9-15(14)12-32)10-30-3-5-31(6-4-30)19(33)34-18(20(23,24)25)21(26,27)28;1-5-9-8(6-7-8)10-11(2,3)4/h1-2,9,16-17,19,21H,3-8,10-14H2;1-2,7,14-15,18,29H,3-6,8-12H2;5-7H2,1-4H3. The average Bonchev–Trinajstić information content (AvgIpc) is 4.28. The van der Waals surface area contributed by atoms with Gasteiger partial charge in [0.25, 0.3) is 12.2 Å². The van der Waals surface area contributed by atoms with Crippen LogP contribution in [0.4, 0.5) is 73.6 Å². The number of fused-ring (bicyclic) bond motifs is 2. The van der Waals surface area contributed by atoms with Crippen LogP contribution in [-0.2, 0) is 31.7 Å². The molecule has 0 aromatic heterocycles. The third-order valence-electron chi connectivity index (χ3n) is 16.0. The van der Waals surface area contributed by atoms with E-state index in [1.807, 2.05) is 47.1 Å². The van der Waals surface area contributed by atoms with Crippen molar-refractivity contribution >= 4 is 55.1 Å². The van der Waals surface area contributed by atoms with E-state index in [4.69, 9.17) is 32.4 Å². The monoisotopic (exact) mass is 1240 g/mol. The first-order chi connectivity index (χ1) is 38.3. The number of hydrogen-bond acceptors (Lipinski definition) is 12. The summed E-state index contributed by atoms with van der Waals surface area (Å²) >= 11 is 12.6. The van der Waals surface area contributed by atoms with Crippen molar-refractivity contribution in [3.63, 3.8) is 0 Å². The normalized spacial score (nSPS) is 24.5. The number of ether oxygens (including phenoxy) is 3. The molecule has 6 aliphatic heterocycles. The van der Waals surface area contributed by atoms with Gasteiger partial charge in [0.1, 0.15) is 0 Å². The Morgan fingerprint density at radius 2 is 0.976 bits per heavy atom. The molecule has 462 valence electrons. The van der Waals surface area contributed by atoms with Gasteiger partial charge in [-0.1, -0.05) is 35.3 Å². The minimum atomic E-state index is -5.73. The highest BCUT2D eigenvalue weighted by atomic mass is 35.5. The summed E-state index contributed by atoms with van der Waals surface area (Å²) in [5, 5.41) is 4.65. The molecule has 2 aromatic rings. The molecule has 2 aromatic carbocycles. The largest absolute Gasteiger partial charge is 0.434 e. The second-order valence-corrected chi connectivity index (χ2v) is 28.8. The molecule has 10 rings (SSSR count). The predicted octanol–water partition coefficient (Wildman–Crippen LogP) is 10.7. The molecule has 4 atom stereocenters. The minimum absolute atomic E-state index is 0.0327. The van der Waals surface area contributed by atoms with Gasteiger partial charge in [-0.2, -0.15) is 52.7 Å². The maximum Gasteiger partial charge on any atom is 0.434 e. The van der Waals surface area contributed by atoms with Gasteiger partial charge < -0.3 is 43.6 Å². The van der Waals surface area contributed by atoms with Gasteiger partial charge in [-0.25, -0.2) is 9.59 Å². The number of piperazine rings is 2. The minimum Gasteiger partial charge on any atom is -0.426 e. The summed E-state index contributed by atoms with van der Waals surface area (Å²) in [7, 11) is -1.39. The van der Waals surface area contributed by atoms with Crippen LogP contribution in [0.5, 0.6) is 0 Å². The number of likely N-dealkylation sites (tertiary alicyclic amines) is 1. The highest BCUT2D eigenvalue weighted by molar-refractivity contribution is 6.69. The summed E-state index contributed by atoms with van der Waals surface area (Å²) in [6.07, 6.45) is -29.7. The number of amides is 2. The Hall–Kier alpha value is -3.70. The lowest BCUT2D eigenvalue weighted by Crippen LogP contribution is -2.52. The number of carbonyl (C=O) groups is 2. The van der Waals surface area contributed by atoms with Crippen LogP contribution >= 0.6 is 23.2 Å². The third-order valence-corrected chi connectivity index (χ3v) is 17.4. The number of anilines is 2. The molecule has 6 heterocycles. The van der Waals surface area contributed by atoms with Crippen molar-refractivity contribution in [3.05, 3.63) is 57.6 Å². The number of alkyl halides is 12. The number of nitrogens with zero attached hydrogens (tertiary/aromatic N) is 7. The molecule has 8 fully saturated rings. The van der Waals surface area contributed by atoms with Gasteiger partial charge in [-0.3, -0.25) is 14.7 Å². The van der Waals surface area contributed by atoms with Crippen LogP contribution in [-0.4, -0.2) is 205 Å². The van der Waals surface area contributed by atoms with E-state index in [9.17, 15) is 62.3 Å². The summed E-state index contributed by atoms with van der Waals surface area (Å²) in [5.41, 5.74) is 4.16. The maximum atomic E-state index is 12.7. The summed E-state index contributed by atoms with van der Waals surface area (Å²) < 4.78 is 172. The van der Waals surface area contributed by atoms with Gasteiger partial charge in [-0.05, 0) is 98.5 Å². The lowest BCUT2D eigenvalue weighted by molar-refractivity contribution is -0.309. The van der Waals surface area contributed by atoms with E-state index < -0.39 is 57.4 Å². The van der Waals surface area contributed by atoms with Gasteiger partial charge in [0, 0.05) is 165 Å². The molecular weight excluding hydrogens is 1170 g/mol. The molecule has 29 heteroatoms. The molecule has 82 heavy (non-hydrogen) atoms. The smallest absolute Gasteiger partial charge is 0.426 e. The van der Waals surface area contributed by atoms with E-state index in [-0.39, 0.29) is 45.1 Å². The van der Waals surface area contributed by atoms with Crippen LogP contribution in [0.15, 0.2) is 36.4 Å². The van der Waals surface area contributed by atoms with Gasteiger partial charge >= 0.3 is 36.9 Å². The predicted molar refractivity (Wildman–Crippen MR) is 285 cm³/mol. The Bertz CT molecular complexity index is 2440. The zero-order valence-corrected chi connectivity index (χ0v) is 48.7. The summed E-state index contributed by atoms with van der Waals surface area (Å²) in [5.74, 6) is 2.26. The van der Waals surface area contributed by atoms with E-state index in [2.05, 4.69) is 49.1 Å². The zero-order chi connectivity index (χ0) is 59.7. The molecule has 0 spiro atoms. The van der Waals surface area contributed by atoms with Gasteiger partial charge in [-0.15, -0.1) is 0 Å². The molecule has 2 amide bonds. The fourth-order valence-electron chi connectivity index (χ4n) is 11.8. The van der Waals surface area contributed by atoms with Crippen LogP contribution in [0.25, 0.3) is 0 Å². The fourth-order valence-corrected chi connectivity index (χ4v) is 13.5. The second kappa shape index (κ2) is 25.7. The van der Waals surface area contributed by atoms with Gasteiger partial charge in [0.15, 0.2) is 14.1 Å². The van der Waals surface area contributed by atoms with Gasteiger partial charge in [0.05, 0.1) is 0 Å². The summed E-state index contributed by atoms with van der Waals surface area (Å²) in [6, 6.07) is 12.1. The van der Waals surface area contributed by atoms with E-state index in [1.54, 1.807) is 6.07 Å². The number of carbonyl (C=O) groups excluding carboxylic acids is 2. The third kappa shape index (κ3) is 17.3. The van der Waals surface area contributed by atoms with Crippen molar-refractivity contribution in [1.29, 1.82) is 0 Å². The average molecular weight is 1240 g/mol. The SMILES string of the molecule is CCOC1(O[Si](C)(C)C)CC1.O=C(OC(C(F)(F)F)C(F)(F)F)N1CCN(Cc2ccc(Cl)cc2N2CC3CN(C4CC4)CC3C2)CC1.O=C(OC(C(F)(F)F)C(F)(F)F)N1CCN(Cc2ccc(Cl)cc2N2CC3CNCC3C2)CC1. The Balaban J connectivity index is 0.000000182. The van der Waals surface area contributed by atoms with Crippen molar-refractivity contribution in [1.82, 2.24) is 29.8 Å². The lowest BCUT2D eigenvalue weighted by atomic mass is 10.0. The number of nitrogens with one attached hydrogen (secondary N) is 1. The topological polar surface area (TPSA) is 106 Å². The molecule has 2 aliphatic carbocycles. The number of benzene rings is 2. The molecule has 8 aliphatic rings. The highest BCUT2D eigenvalue weighted by Gasteiger charge is 2.61. The number of halogens is 14. The summed E-state index contributed by atoms with van der Waals surface area (Å²) in [4.78, 5) is 37.1. The lowest BCUT2D eigenvalue weighted by Gasteiger charge is -2.36. The molecular formula is C53H72Cl2F12N8O6Si. The van der Waals surface area contributed by atoms with E-state index in [1.165, 1.54) is 12.8 Å². The first kappa shape index (κ1) is 64.3. The first-order valence-electron chi connectivity index (χ1n) is 27.8. The molecule has 14 nitrogen and oxygen atoms in total. The molecule has 0 bridgehead atoms. The van der Waals surface area contributed by atoms with Crippen LogP contribution < -0.4 is 15.1 Å². The van der Waals surface area contributed by atoms with Crippen LogP contribution in [0.2, 0.25) is 29.7 Å². The van der Waals surface area contributed by atoms with Crippen molar-refractivity contribution in [2.75, 3.05) is 121 Å². The molecule has 0 radical (unpaired) electrons. The Labute approximate surface area is 480 Å². The highest BCUT2D eigenvalue weighted by Crippen LogP contribution is 2.44. The van der Waals surface area contributed by atoms with Crippen molar-refractivity contribution in [2.45, 2.75) is 114 Å². The molecule has 2 saturated carbocycles. The first-order valence-corrected chi connectivity index (χ1v) is 31.9. The Morgan fingerprint density at radius 3 is 1.30 bits per heavy atom. The fraction of sp³-hybridized carbons (Fsp3) is 0.736. The quantitative estimate of drug-likeness (QED) is 0.117. The van der Waals surface area contributed by atoms with Crippen molar-refractivity contribution < 1.29 is 80.9 Å². The molecule has 6 saturated heterocycles. The van der Waals surface area contributed by atoms with Crippen LogP contribution in [0.3, 0.4) is 0 Å². The Morgan fingerprint density at radius 1 is 0.598 bits per heavy atom. The van der Waals surface area contributed by atoms with E-state index >= 15 is 0 Å². The maximum absolute atomic E-state index is 12.7. The van der Waals surface area contributed by atoms with Crippen LogP contribution in [0.1, 0.15) is 43.7 Å². The second-order valence-electron chi connectivity index (χ2n) is 23.5. The number of rotatable bonds is 13. The zero-order valence-electron chi connectivity index (χ0n) is 46.1. The van der Waals surface area contributed by atoms with Gasteiger partial charge in [0.2, 0.25) is 0 Å². The Kier molecular flexibility index (Phi) is 20.2. The summed E-state index contributed by atoms with van der Waals surface area (Å²) in [6.45, 7) is 19.4. The number of hydrogen-bond donors (Lipinski definition) is 1. The van der Waals surface area contributed by atoms with E-state index in [0.717, 1.165) is 110 Å². The van der Waals surface area contributed by atoms with Crippen molar-refractivity contribution in [3.8, 4) is 0 Å².